The van der Waals surface area contributed by atoms with Crippen LogP contribution in [-0.2, 0) is 0 Å². The molecule has 1 rings (SSSR count). The highest BCUT2D eigenvalue weighted by Gasteiger charge is 2.15. The van der Waals surface area contributed by atoms with Gasteiger partial charge in [0.25, 0.3) is 0 Å². The molecule has 0 aromatic rings. The molecule has 0 bridgehead atoms. The minimum Gasteiger partial charge on any atom is -0.352 e. The van der Waals surface area contributed by atoms with Crippen molar-refractivity contribution in [2.75, 3.05) is 33.2 Å². The van der Waals surface area contributed by atoms with Crippen molar-refractivity contribution in [2.45, 2.75) is 0 Å². The van der Waals surface area contributed by atoms with Gasteiger partial charge in [0.2, 0.25) is 0 Å². The summed E-state index contributed by atoms with van der Waals surface area (Å²) in [5.74, 6) is 0. The maximum atomic E-state index is 8.51. The highest BCUT2D eigenvalue weighted by atomic mass is 32.1. The molecule has 3 nitrogen and oxygen atoms in total. The Kier molecular flexibility index (Phi) is 2.80. The zero-order valence-electron chi connectivity index (χ0n) is 6.58. The van der Waals surface area contributed by atoms with E-state index >= 15 is 0 Å². The van der Waals surface area contributed by atoms with Gasteiger partial charge < -0.3 is 9.80 Å². The van der Waals surface area contributed by atoms with Crippen molar-refractivity contribution in [2.24, 2.45) is 0 Å². The van der Waals surface area contributed by atoms with Gasteiger partial charge in [0.15, 0.2) is 4.99 Å². The van der Waals surface area contributed by atoms with Gasteiger partial charge in [-0.05, 0) is 19.3 Å². The first kappa shape index (κ1) is 8.44. The summed E-state index contributed by atoms with van der Waals surface area (Å²) in [6, 6.07) is 1.99. The average molecular weight is 169 g/mol. The molecule has 0 aromatic carbocycles. The van der Waals surface area contributed by atoms with Crippen molar-refractivity contribution < 1.29 is 0 Å². The molecule has 0 N–H and O–H groups in total. The molecule has 0 atom stereocenters. The predicted molar refractivity (Wildman–Crippen MR) is 47.3 cm³/mol. The lowest BCUT2D eigenvalue weighted by Gasteiger charge is -2.31. The standard InChI is InChI=1S/C7H11N3S/c1-9-2-4-10(5-3-9)7(11)6-8/h2-5H2,1H3. The van der Waals surface area contributed by atoms with E-state index in [4.69, 9.17) is 17.5 Å². The Hall–Kier alpha value is -0.660. The van der Waals surface area contributed by atoms with Crippen molar-refractivity contribution >= 4 is 17.2 Å². The molecule has 0 saturated carbocycles. The summed E-state index contributed by atoms with van der Waals surface area (Å²) in [7, 11) is 2.08. The number of hydrogen-bond donors (Lipinski definition) is 0. The number of nitrogens with zero attached hydrogens (tertiary/aromatic N) is 3. The number of piperazine rings is 1. The van der Waals surface area contributed by atoms with Crippen molar-refractivity contribution in [3.8, 4) is 6.07 Å². The Bertz CT molecular complexity index is 188. The number of likely N-dealkylation sites (N-methyl/N-ethyl adjacent to an activating group) is 1. The molecule has 0 aliphatic carbocycles. The number of thiocarbonyl (C=S) groups is 1. The number of hydrogen-bond acceptors (Lipinski definition) is 3. The minimum absolute atomic E-state index is 0.429. The van der Waals surface area contributed by atoms with E-state index in [1.807, 2.05) is 11.0 Å². The zero-order chi connectivity index (χ0) is 8.27. The van der Waals surface area contributed by atoms with E-state index in [0.717, 1.165) is 26.2 Å². The van der Waals surface area contributed by atoms with Gasteiger partial charge in [-0.25, -0.2) is 0 Å². The second-order valence-corrected chi connectivity index (χ2v) is 3.09. The quantitative estimate of drug-likeness (QED) is 0.481. The Morgan fingerprint density at radius 1 is 1.36 bits per heavy atom. The monoisotopic (exact) mass is 169 g/mol. The molecular weight excluding hydrogens is 158 g/mol. The maximum absolute atomic E-state index is 8.51. The lowest BCUT2D eigenvalue weighted by molar-refractivity contribution is 0.218. The van der Waals surface area contributed by atoms with Crippen LogP contribution in [0.4, 0.5) is 0 Å². The van der Waals surface area contributed by atoms with E-state index in [1.54, 1.807) is 0 Å². The average Bonchev–Trinajstić information content (AvgIpc) is 2.05. The SMILES string of the molecule is CN1CCN(C(=S)C#N)CC1. The summed E-state index contributed by atoms with van der Waals surface area (Å²) in [6.07, 6.45) is 0. The van der Waals surface area contributed by atoms with Crippen LogP contribution in [0.1, 0.15) is 0 Å². The topological polar surface area (TPSA) is 30.3 Å². The Balaban J connectivity index is 2.40. The van der Waals surface area contributed by atoms with Crippen LogP contribution < -0.4 is 0 Å². The zero-order valence-corrected chi connectivity index (χ0v) is 7.39. The third-order valence-corrected chi connectivity index (χ3v) is 2.24. The van der Waals surface area contributed by atoms with Crippen LogP contribution in [0.5, 0.6) is 0 Å². The van der Waals surface area contributed by atoms with Crippen molar-refractivity contribution in [3.05, 3.63) is 0 Å². The highest BCUT2D eigenvalue weighted by Crippen LogP contribution is 1.99. The molecule has 1 aliphatic heterocycles. The van der Waals surface area contributed by atoms with Gasteiger partial charge >= 0.3 is 0 Å². The normalized spacial score (nSPS) is 19.5. The van der Waals surface area contributed by atoms with Crippen LogP contribution in [0.25, 0.3) is 0 Å². The smallest absolute Gasteiger partial charge is 0.180 e. The molecule has 1 heterocycles. The summed E-state index contributed by atoms with van der Waals surface area (Å²) >= 11 is 4.86. The van der Waals surface area contributed by atoms with Crippen molar-refractivity contribution in [1.29, 1.82) is 5.26 Å². The Morgan fingerprint density at radius 3 is 2.36 bits per heavy atom. The van der Waals surface area contributed by atoms with Gasteiger partial charge in [0.1, 0.15) is 6.07 Å². The fourth-order valence-corrected chi connectivity index (χ4v) is 1.26. The molecule has 60 valence electrons. The highest BCUT2D eigenvalue weighted by molar-refractivity contribution is 7.80. The van der Waals surface area contributed by atoms with Gasteiger partial charge in [-0.3, -0.25) is 0 Å². The molecular formula is C7H11N3S. The van der Waals surface area contributed by atoms with Crippen LogP contribution in [0.15, 0.2) is 0 Å². The maximum Gasteiger partial charge on any atom is 0.180 e. The van der Waals surface area contributed by atoms with Gasteiger partial charge in [-0.15, -0.1) is 0 Å². The van der Waals surface area contributed by atoms with Crippen molar-refractivity contribution in [1.82, 2.24) is 9.80 Å². The first-order valence-corrected chi connectivity index (χ1v) is 4.02. The van der Waals surface area contributed by atoms with E-state index < -0.39 is 0 Å². The predicted octanol–water partition coefficient (Wildman–Crippen LogP) is 0.0848. The van der Waals surface area contributed by atoms with Crippen LogP contribution in [0.3, 0.4) is 0 Å². The Labute approximate surface area is 72.2 Å². The summed E-state index contributed by atoms with van der Waals surface area (Å²) in [5, 5.41) is 8.51. The van der Waals surface area contributed by atoms with E-state index in [-0.39, 0.29) is 0 Å². The Morgan fingerprint density at radius 2 is 1.91 bits per heavy atom. The molecule has 0 unspecified atom stereocenters. The summed E-state index contributed by atoms with van der Waals surface area (Å²) in [4.78, 5) is 4.62. The van der Waals surface area contributed by atoms with Gasteiger partial charge in [0.05, 0.1) is 0 Å². The largest absolute Gasteiger partial charge is 0.352 e. The minimum atomic E-state index is 0.429. The van der Waals surface area contributed by atoms with E-state index in [0.29, 0.717) is 4.99 Å². The summed E-state index contributed by atoms with van der Waals surface area (Å²) < 4.78 is 0. The van der Waals surface area contributed by atoms with Crippen LogP contribution >= 0.6 is 12.2 Å². The third kappa shape index (κ3) is 2.14. The molecule has 1 saturated heterocycles. The number of nitriles is 1. The van der Waals surface area contributed by atoms with E-state index in [2.05, 4.69) is 11.9 Å². The third-order valence-electron chi connectivity index (χ3n) is 1.89. The van der Waals surface area contributed by atoms with E-state index in [1.165, 1.54) is 0 Å². The van der Waals surface area contributed by atoms with Gasteiger partial charge in [-0.1, -0.05) is 0 Å². The molecule has 0 aromatic heterocycles. The first-order valence-electron chi connectivity index (χ1n) is 3.61. The van der Waals surface area contributed by atoms with E-state index in [9.17, 15) is 0 Å². The molecule has 0 amide bonds. The second kappa shape index (κ2) is 3.65. The summed E-state index contributed by atoms with van der Waals surface area (Å²) in [6.45, 7) is 3.79. The van der Waals surface area contributed by atoms with Gasteiger partial charge in [-0.2, -0.15) is 5.26 Å². The fraction of sp³-hybridized carbons (Fsp3) is 0.714. The molecule has 0 radical (unpaired) electrons. The lowest BCUT2D eigenvalue weighted by atomic mass is 10.3. The molecule has 4 heteroatoms. The van der Waals surface area contributed by atoms with Crippen molar-refractivity contribution in [3.63, 3.8) is 0 Å². The molecule has 11 heavy (non-hydrogen) atoms. The molecule has 1 aliphatic rings. The second-order valence-electron chi connectivity index (χ2n) is 2.71. The van der Waals surface area contributed by atoms with Crippen LogP contribution in [0, 0.1) is 11.3 Å². The summed E-state index contributed by atoms with van der Waals surface area (Å²) in [5.41, 5.74) is 0. The fourth-order valence-electron chi connectivity index (χ4n) is 1.08. The number of rotatable bonds is 0. The molecule has 0 spiro atoms. The van der Waals surface area contributed by atoms with Crippen LogP contribution in [-0.4, -0.2) is 48.0 Å². The first-order chi connectivity index (χ1) is 5.24. The molecule has 1 fully saturated rings. The van der Waals surface area contributed by atoms with Crippen LogP contribution in [0.2, 0.25) is 0 Å². The van der Waals surface area contributed by atoms with Gasteiger partial charge in [0, 0.05) is 26.2 Å². The lowest BCUT2D eigenvalue weighted by Crippen LogP contribution is -2.46.